The molecule has 0 unspecified atom stereocenters. The van der Waals surface area contributed by atoms with Crippen molar-refractivity contribution in [1.29, 1.82) is 0 Å². The highest BCUT2D eigenvalue weighted by Gasteiger charge is 2.23. The number of phenols is 2. The second kappa shape index (κ2) is 8.73. The highest BCUT2D eigenvalue weighted by atomic mass is 16.5. The standard InChI is InChI=1S/C15H20N2O7/c1-8(16)14(21)17-10(15(22)23)7-24-13(20)5-3-9-2-4-11(18)12(19)6-9/h2,4,6,8,10,18-19H,3,5,7,16H2,1H3,(H,17,21)(H,22,23)/t8-,10-/m0/s1. The van der Waals surface area contributed by atoms with Crippen molar-refractivity contribution in [2.24, 2.45) is 5.73 Å². The van der Waals surface area contributed by atoms with Crippen LogP contribution in [0.15, 0.2) is 18.2 Å². The molecule has 0 spiro atoms. The molecule has 0 saturated carbocycles. The summed E-state index contributed by atoms with van der Waals surface area (Å²) in [5.74, 6) is -3.25. The molecule has 1 aromatic carbocycles. The number of aromatic hydroxyl groups is 2. The van der Waals surface area contributed by atoms with Gasteiger partial charge in [0.05, 0.1) is 6.04 Å². The number of carbonyl (C=O) groups excluding carboxylic acids is 2. The second-order valence-corrected chi connectivity index (χ2v) is 5.19. The lowest BCUT2D eigenvalue weighted by Gasteiger charge is -2.16. The maximum Gasteiger partial charge on any atom is 0.329 e. The van der Waals surface area contributed by atoms with Crippen LogP contribution in [0.25, 0.3) is 0 Å². The maximum absolute atomic E-state index is 11.7. The Labute approximate surface area is 138 Å². The molecule has 0 aromatic heterocycles. The number of rotatable bonds is 8. The van der Waals surface area contributed by atoms with Crippen LogP contribution in [0.1, 0.15) is 18.9 Å². The van der Waals surface area contributed by atoms with Crippen molar-refractivity contribution < 1.29 is 34.4 Å². The summed E-state index contributed by atoms with van der Waals surface area (Å²) >= 11 is 0. The zero-order chi connectivity index (χ0) is 18.3. The van der Waals surface area contributed by atoms with E-state index in [0.717, 1.165) is 0 Å². The lowest BCUT2D eigenvalue weighted by molar-refractivity contribution is -0.150. The predicted molar refractivity (Wildman–Crippen MR) is 82.3 cm³/mol. The molecule has 0 bridgehead atoms. The van der Waals surface area contributed by atoms with Crippen LogP contribution in [-0.2, 0) is 25.5 Å². The molecule has 0 aliphatic carbocycles. The number of hydrogen-bond acceptors (Lipinski definition) is 7. The monoisotopic (exact) mass is 340 g/mol. The first-order chi connectivity index (χ1) is 11.2. The number of amides is 1. The molecule has 132 valence electrons. The van der Waals surface area contributed by atoms with Gasteiger partial charge in [0.1, 0.15) is 6.61 Å². The summed E-state index contributed by atoms with van der Waals surface area (Å²) in [6.45, 7) is 0.876. The van der Waals surface area contributed by atoms with E-state index < -0.39 is 36.5 Å². The summed E-state index contributed by atoms with van der Waals surface area (Å²) < 4.78 is 4.83. The fourth-order valence-corrected chi connectivity index (χ4v) is 1.70. The molecule has 9 nitrogen and oxygen atoms in total. The Morgan fingerprint density at radius 3 is 2.46 bits per heavy atom. The van der Waals surface area contributed by atoms with Crippen LogP contribution in [-0.4, -0.2) is 51.9 Å². The van der Waals surface area contributed by atoms with E-state index >= 15 is 0 Å². The van der Waals surface area contributed by atoms with E-state index in [2.05, 4.69) is 5.32 Å². The summed E-state index contributed by atoms with van der Waals surface area (Å²) in [6.07, 6.45) is 0.175. The molecule has 0 aliphatic rings. The Kier molecular flexibility index (Phi) is 6.99. The minimum absolute atomic E-state index is 0.0577. The van der Waals surface area contributed by atoms with Crippen LogP contribution >= 0.6 is 0 Å². The molecular formula is C15H20N2O7. The van der Waals surface area contributed by atoms with Crippen molar-refractivity contribution in [2.75, 3.05) is 6.61 Å². The first-order valence-electron chi connectivity index (χ1n) is 7.16. The summed E-state index contributed by atoms with van der Waals surface area (Å²) in [6, 6.07) is 1.87. The number of carboxylic acids is 1. The zero-order valence-electron chi connectivity index (χ0n) is 13.1. The number of nitrogens with one attached hydrogen (secondary N) is 1. The average Bonchev–Trinajstić information content (AvgIpc) is 2.51. The van der Waals surface area contributed by atoms with Gasteiger partial charge in [-0.15, -0.1) is 0 Å². The van der Waals surface area contributed by atoms with E-state index in [4.69, 9.17) is 15.6 Å². The summed E-state index contributed by atoms with van der Waals surface area (Å²) in [4.78, 5) is 34.1. The van der Waals surface area contributed by atoms with Gasteiger partial charge in [-0.2, -0.15) is 0 Å². The number of nitrogens with two attached hydrogens (primary N) is 1. The van der Waals surface area contributed by atoms with Gasteiger partial charge in [0.15, 0.2) is 17.5 Å². The Morgan fingerprint density at radius 2 is 1.92 bits per heavy atom. The third-order valence-electron chi connectivity index (χ3n) is 3.10. The fourth-order valence-electron chi connectivity index (χ4n) is 1.70. The summed E-state index contributed by atoms with van der Waals surface area (Å²) in [7, 11) is 0. The van der Waals surface area contributed by atoms with E-state index in [1.807, 2.05) is 0 Å². The lowest BCUT2D eigenvalue weighted by atomic mass is 10.1. The number of phenolic OH excluding ortho intramolecular Hbond substituents is 2. The highest BCUT2D eigenvalue weighted by Crippen LogP contribution is 2.25. The molecule has 9 heteroatoms. The van der Waals surface area contributed by atoms with E-state index in [1.54, 1.807) is 0 Å². The number of carbonyl (C=O) groups is 3. The van der Waals surface area contributed by atoms with Crippen LogP contribution in [0, 0.1) is 0 Å². The van der Waals surface area contributed by atoms with Crippen molar-refractivity contribution in [2.45, 2.75) is 31.8 Å². The number of esters is 1. The van der Waals surface area contributed by atoms with E-state index in [0.29, 0.717) is 5.56 Å². The quantitative estimate of drug-likeness (QED) is 0.312. The molecule has 1 rings (SSSR count). The van der Waals surface area contributed by atoms with Gasteiger partial charge in [0.25, 0.3) is 0 Å². The Morgan fingerprint density at radius 1 is 1.25 bits per heavy atom. The molecule has 1 aromatic rings. The van der Waals surface area contributed by atoms with Gasteiger partial charge in [-0.1, -0.05) is 6.07 Å². The molecule has 6 N–H and O–H groups in total. The minimum Gasteiger partial charge on any atom is -0.504 e. The van der Waals surface area contributed by atoms with E-state index in [-0.39, 0.29) is 24.3 Å². The Bertz CT molecular complexity index is 616. The largest absolute Gasteiger partial charge is 0.504 e. The van der Waals surface area contributed by atoms with Crippen molar-refractivity contribution in [3.05, 3.63) is 23.8 Å². The first kappa shape index (κ1) is 19.2. The third-order valence-corrected chi connectivity index (χ3v) is 3.10. The van der Waals surface area contributed by atoms with Crippen LogP contribution in [0.3, 0.4) is 0 Å². The molecular weight excluding hydrogens is 320 g/mol. The van der Waals surface area contributed by atoms with Crippen LogP contribution in [0.5, 0.6) is 11.5 Å². The van der Waals surface area contributed by atoms with E-state index in [1.165, 1.54) is 25.1 Å². The predicted octanol–water partition coefficient (Wildman–Crippen LogP) is -0.510. The van der Waals surface area contributed by atoms with Gasteiger partial charge < -0.3 is 31.1 Å². The SMILES string of the molecule is C[C@H](N)C(=O)N[C@@H](COC(=O)CCc1ccc(O)c(O)c1)C(=O)O. The molecule has 0 heterocycles. The van der Waals surface area contributed by atoms with Crippen molar-refractivity contribution in [3.8, 4) is 11.5 Å². The van der Waals surface area contributed by atoms with Crippen LogP contribution in [0.2, 0.25) is 0 Å². The maximum atomic E-state index is 11.7. The highest BCUT2D eigenvalue weighted by molar-refractivity contribution is 5.86. The molecule has 1 amide bonds. The molecule has 0 fully saturated rings. The van der Waals surface area contributed by atoms with Crippen LogP contribution < -0.4 is 11.1 Å². The van der Waals surface area contributed by atoms with E-state index in [9.17, 15) is 24.6 Å². The van der Waals surface area contributed by atoms with Crippen molar-refractivity contribution >= 4 is 17.8 Å². The number of benzene rings is 1. The van der Waals surface area contributed by atoms with Gasteiger partial charge in [0.2, 0.25) is 5.91 Å². The number of carboxylic acid groups (broad SMARTS) is 1. The number of ether oxygens (including phenoxy) is 1. The molecule has 0 radical (unpaired) electrons. The van der Waals surface area contributed by atoms with Crippen LogP contribution in [0.4, 0.5) is 0 Å². The lowest BCUT2D eigenvalue weighted by Crippen LogP contribution is -2.49. The topological polar surface area (TPSA) is 159 Å². The van der Waals surface area contributed by atoms with Gasteiger partial charge in [-0.3, -0.25) is 9.59 Å². The molecule has 24 heavy (non-hydrogen) atoms. The van der Waals surface area contributed by atoms with Crippen molar-refractivity contribution in [3.63, 3.8) is 0 Å². The minimum atomic E-state index is -1.38. The first-order valence-corrected chi connectivity index (χ1v) is 7.16. The van der Waals surface area contributed by atoms with Gasteiger partial charge >= 0.3 is 11.9 Å². The van der Waals surface area contributed by atoms with Gasteiger partial charge in [-0.05, 0) is 31.0 Å². The molecule has 0 saturated heterocycles. The van der Waals surface area contributed by atoms with Gasteiger partial charge in [0, 0.05) is 6.42 Å². The van der Waals surface area contributed by atoms with Crippen molar-refractivity contribution in [1.82, 2.24) is 5.32 Å². The number of aryl methyl sites for hydroxylation is 1. The second-order valence-electron chi connectivity index (χ2n) is 5.19. The normalized spacial score (nSPS) is 12.9. The molecule has 0 aliphatic heterocycles. The van der Waals surface area contributed by atoms with Gasteiger partial charge in [-0.25, -0.2) is 4.79 Å². The number of hydrogen-bond donors (Lipinski definition) is 5. The average molecular weight is 340 g/mol. The smallest absolute Gasteiger partial charge is 0.329 e. The summed E-state index contributed by atoms with van der Waals surface area (Å²) in [5, 5.41) is 29.7. The molecule has 2 atom stereocenters. The number of aliphatic carboxylic acids is 1. The fraction of sp³-hybridized carbons (Fsp3) is 0.400. The Balaban J connectivity index is 2.46. The third kappa shape index (κ3) is 6.13. The zero-order valence-corrected chi connectivity index (χ0v) is 13.1. The Hall–Kier alpha value is -2.81. The summed E-state index contributed by atoms with van der Waals surface area (Å²) in [5.41, 5.74) is 5.92.